The van der Waals surface area contributed by atoms with Crippen molar-refractivity contribution < 1.29 is 22.2 Å². The van der Waals surface area contributed by atoms with Gasteiger partial charge in [-0.3, -0.25) is 0 Å². The van der Waals surface area contributed by atoms with Crippen LogP contribution in [-0.4, -0.2) is 11.8 Å². The lowest BCUT2D eigenvalue weighted by Gasteiger charge is -1.95. The van der Waals surface area contributed by atoms with Crippen molar-refractivity contribution >= 4 is 7.25 Å². The fourth-order valence-corrected chi connectivity index (χ4v) is 1.40. The van der Waals surface area contributed by atoms with E-state index in [-0.39, 0.29) is 0 Å². The molecule has 0 spiro atoms. The number of benzene rings is 1. The van der Waals surface area contributed by atoms with Crippen LogP contribution in [0.5, 0.6) is 0 Å². The van der Waals surface area contributed by atoms with Crippen molar-refractivity contribution in [2.24, 2.45) is 7.05 Å². The molecule has 1 aromatic heterocycles. The third kappa shape index (κ3) is 6.07. The third-order valence-electron chi connectivity index (χ3n) is 2.19. The van der Waals surface area contributed by atoms with E-state index < -0.39 is 7.25 Å². The average molecular weight is 260 g/mol. The van der Waals surface area contributed by atoms with Gasteiger partial charge in [0.15, 0.2) is 0 Å². The maximum atomic E-state index is 9.75. The molecule has 0 fully saturated rings. The molecule has 0 aliphatic heterocycles. The molecule has 0 atom stereocenters. The molecule has 0 radical (unpaired) electrons. The molecule has 2 aromatic rings. The van der Waals surface area contributed by atoms with Gasteiger partial charge < -0.3 is 17.3 Å². The lowest BCUT2D eigenvalue weighted by Crippen LogP contribution is -2.10. The molecule has 0 aliphatic carbocycles. The molecule has 0 bridgehead atoms. The first-order valence-corrected chi connectivity index (χ1v) is 5.29. The number of rotatable bonds is 2. The number of hydrogen-bond donors (Lipinski definition) is 0. The van der Waals surface area contributed by atoms with E-state index in [1.54, 1.807) is 0 Å². The first-order valence-electron chi connectivity index (χ1n) is 5.29. The van der Waals surface area contributed by atoms with E-state index in [4.69, 9.17) is 0 Å². The van der Waals surface area contributed by atoms with Crippen LogP contribution in [0.3, 0.4) is 0 Å². The minimum Gasteiger partial charge on any atom is -0.418 e. The van der Waals surface area contributed by atoms with E-state index in [0.29, 0.717) is 0 Å². The molecule has 18 heavy (non-hydrogen) atoms. The second-order valence-electron chi connectivity index (χ2n) is 3.67. The quantitative estimate of drug-likeness (QED) is 0.584. The van der Waals surface area contributed by atoms with Gasteiger partial charge in [-0.15, -0.1) is 0 Å². The Balaban J connectivity index is 0.000000280. The number of aromatic amines is 1. The van der Waals surface area contributed by atoms with Gasteiger partial charge >= 0.3 is 7.25 Å². The highest BCUT2D eigenvalue weighted by Gasteiger charge is 2.20. The van der Waals surface area contributed by atoms with Crippen molar-refractivity contribution in [3.63, 3.8) is 0 Å². The Morgan fingerprint density at radius 2 is 1.67 bits per heavy atom. The van der Waals surface area contributed by atoms with E-state index in [0.717, 1.165) is 6.42 Å². The van der Waals surface area contributed by atoms with E-state index >= 15 is 0 Å². The lowest BCUT2D eigenvalue weighted by molar-refractivity contribution is -0.389. The SMILES string of the molecule is Cn1cc[nH+]c1Cc1ccccc1.F[B-](F)(F)F. The topological polar surface area (TPSA) is 19.1 Å². The number of aryl methyl sites for hydroxylation is 1. The summed E-state index contributed by atoms with van der Waals surface area (Å²) in [5.41, 5.74) is 1.33. The molecular formula is C11H13BF4N2. The number of nitrogens with zero attached hydrogens (tertiary/aromatic N) is 1. The molecule has 0 amide bonds. The summed E-state index contributed by atoms with van der Waals surface area (Å²) < 4.78 is 41.1. The van der Waals surface area contributed by atoms with Gasteiger partial charge in [0.1, 0.15) is 12.4 Å². The Kier molecular flexibility index (Phi) is 4.94. The number of nitrogens with one attached hydrogen (secondary N) is 1. The second-order valence-corrected chi connectivity index (χ2v) is 3.67. The van der Waals surface area contributed by atoms with Crippen LogP contribution in [0.25, 0.3) is 0 Å². The Morgan fingerprint density at radius 1 is 1.11 bits per heavy atom. The summed E-state index contributed by atoms with van der Waals surface area (Å²) in [6.45, 7) is 0. The van der Waals surface area contributed by atoms with E-state index in [2.05, 4.69) is 40.9 Å². The fraction of sp³-hybridized carbons (Fsp3) is 0.182. The highest BCUT2D eigenvalue weighted by molar-refractivity contribution is 6.50. The first-order chi connectivity index (χ1) is 8.36. The number of imidazole rings is 1. The van der Waals surface area contributed by atoms with E-state index in [9.17, 15) is 17.3 Å². The van der Waals surface area contributed by atoms with Gasteiger partial charge in [-0.1, -0.05) is 30.3 Å². The summed E-state index contributed by atoms with van der Waals surface area (Å²) >= 11 is 0. The number of halogens is 4. The normalized spacial score (nSPS) is 10.7. The van der Waals surface area contributed by atoms with Gasteiger partial charge in [0, 0.05) is 0 Å². The molecule has 1 aromatic carbocycles. The van der Waals surface area contributed by atoms with Crippen molar-refractivity contribution in [2.75, 3.05) is 0 Å². The zero-order valence-electron chi connectivity index (χ0n) is 9.78. The predicted octanol–water partition coefficient (Wildman–Crippen LogP) is 2.73. The average Bonchev–Trinajstić information content (AvgIpc) is 2.64. The smallest absolute Gasteiger partial charge is 0.418 e. The molecule has 0 saturated heterocycles. The molecular weight excluding hydrogens is 247 g/mol. The van der Waals surface area contributed by atoms with Crippen LogP contribution in [0, 0.1) is 0 Å². The molecule has 2 nitrogen and oxygen atoms in total. The van der Waals surface area contributed by atoms with E-state index in [1.807, 2.05) is 18.5 Å². The highest BCUT2D eigenvalue weighted by Crippen LogP contribution is 2.06. The largest absolute Gasteiger partial charge is 0.673 e. The zero-order valence-corrected chi connectivity index (χ0v) is 9.78. The lowest BCUT2D eigenvalue weighted by atomic mass is 10.1. The van der Waals surface area contributed by atoms with Gasteiger partial charge in [-0.25, -0.2) is 9.55 Å². The van der Waals surface area contributed by atoms with E-state index in [1.165, 1.54) is 11.4 Å². The highest BCUT2D eigenvalue weighted by atomic mass is 19.5. The van der Waals surface area contributed by atoms with Crippen LogP contribution in [0.15, 0.2) is 42.7 Å². The maximum absolute atomic E-state index is 9.75. The van der Waals surface area contributed by atoms with Crippen molar-refractivity contribution in [3.8, 4) is 0 Å². The Hall–Kier alpha value is -1.79. The summed E-state index contributed by atoms with van der Waals surface area (Å²) in [5.74, 6) is 1.23. The van der Waals surface area contributed by atoms with Crippen LogP contribution >= 0.6 is 0 Å². The van der Waals surface area contributed by atoms with Crippen LogP contribution in [0.4, 0.5) is 17.3 Å². The molecule has 7 heteroatoms. The Morgan fingerprint density at radius 3 is 2.11 bits per heavy atom. The Labute approximate surface area is 102 Å². The number of H-pyrrole nitrogens is 1. The van der Waals surface area contributed by atoms with Crippen molar-refractivity contribution in [1.29, 1.82) is 0 Å². The molecule has 2 rings (SSSR count). The van der Waals surface area contributed by atoms with Gasteiger partial charge in [-0.2, -0.15) is 0 Å². The van der Waals surface area contributed by atoms with Crippen LogP contribution in [0.2, 0.25) is 0 Å². The van der Waals surface area contributed by atoms with Crippen LogP contribution in [-0.2, 0) is 13.5 Å². The van der Waals surface area contributed by atoms with Crippen molar-refractivity contribution in [2.45, 2.75) is 6.42 Å². The minimum absolute atomic E-state index is 0.963. The standard InChI is InChI=1S/C11H12N2.BF4/c1-13-8-7-12-11(13)9-10-5-3-2-4-6-10;2-1(3,4)5/h2-8H,9H2,1H3;/q;-1/p+1. The molecule has 1 heterocycles. The summed E-state index contributed by atoms with van der Waals surface area (Å²) in [7, 11) is -3.95. The zero-order chi connectivity index (χ0) is 13.6. The van der Waals surface area contributed by atoms with Crippen LogP contribution in [0.1, 0.15) is 11.4 Å². The molecule has 0 aliphatic rings. The van der Waals surface area contributed by atoms with Crippen LogP contribution < -0.4 is 4.98 Å². The summed E-state index contributed by atoms with van der Waals surface area (Å²) in [6, 6.07) is 10.5. The van der Waals surface area contributed by atoms with Gasteiger partial charge in [0.05, 0.1) is 13.5 Å². The molecule has 0 unspecified atom stereocenters. The molecule has 0 saturated carbocycles. The number of aromatic nitrogens is 2. The summed E-state index contributed by atoms with van der Waals surface area (Å²) in [5, 5.41) is 0. The predicted molar refractivity (Wildman–Crippen MR) is 61.4 cm³/mol. The monoisotopic (exact) mass is 260 g/mol. The summed E-state index contributed by atoms with van der Waals surface area (Å²) in [6.07, 6.45) is 4.95. The van der Waals surface area contributed by atoms with Gasteiger partial charge in [0.25, 0.3) is 5.82 Å². The molecule has 1 N–H and O–H groups in total. The van der Waals surface area contributed by atoms with Crippen molar-refractivity contribution in [1.82, 2.24) is 4.57 Å². The second kappa shape index (κ2) is 6.23. The number of hydrogen-bond acceptors (Lipinski definition) is 0. The minimum atomic E-state index is -6.00. The Bertz CT molecular complexity index is 461. The summed E-state index contributed by atoms with van der Waals surface area (Å²) in [4.78, 5) is 3.22. The van der Waals surface area contributed by atoms with Gasteiger partial charge in [0.2, 0.25) is 0 Å². The molecule has 98 valence electrons. The van der Waals surface area contributed by atoms with Crippen molar-refractivity contribution in [3.05, 3.63) is 54.1 Å². The third-order valence-corrected chi connectivity index (χ3v) is 2.19. The first kappa shape index (κ1) is 14.3. The fourth-order valence-electron chi connectivity index (χ4n) is 1.40. The van der Waals surface area contributed by atoms with Gasteiger partial charge in [-0.05, 0) is 5.56 Å². The maximum Gasteiger partial charge on any atom is 0.673 e.